The zero-order valence-electron chi connectivity index (χ0n) is 13.5. The van der Waals surface area contributed by atoms with Crippen LogP contribution >= 0.6 is 22.9 Å². The van der Waals surface area contributed by atoms with Gasteiger partial charge in [0.25, 0.3) is 15.9 Å². The Morgan fingerprint density at radius 2 is 1.52 bits per heavy atom. The molecule has 1 amide bonds. The lowest BCUT2D eigenvalue weighted by atomic mass is 10.2. The third-order valence-electron chi connectivity index (χ3n) is 3.51. The summed E-state index contributed by atoms with van der Waals surface area (Å²) in [5, 5.41) is 1.63. The number of amides is 1. The third kappa shape index (κ3) is 4.22. The Morgan fingerprint density at radius 1 is 0.889 bits per heavy atom. The molecule has 0 fully saturated rings. The molecule has 140 valence electrons. The topological polar surface area (TPSA) is 97.4 Å². The van der Waals surface area contributed by atoms with Crippen LogP contribution in [0.2, 0.25) is 5.02 Å². The SMILES string of the molecule is O=C(NS(=O)(=O)c1cc(S(=O)(=O)c2ccccc2)cs1)c1ccc(Cl)cc1. The molecule has 27 heavy (non-hydrogen) atoms. The fourth-order valence-corrected chi connectivity index (χ4v) is 6.15. The van der Waals surface area contributed by atoms with Crippen LogP contribution in [0.1, 0.15) is 10.4 Å². The summed E-state index contributed by atoms with van der Waals surface area (Å²) in [6.45, 7) is 0. The maximum atomic E-state index is 12.6. The van der Waals surface area contributed by atoms with E-state index in [1.807, 2.05) is 4.72 Å². The number of rotatable bonds is 5. The first-order valence-electron chi connectivity index (χ1n) is 7.41. The van der Waals surface area contributed by atoms with E-state index in [2.05, 4.69) is 0 Å². The fourth-order valence-electron chi connectivity index (χ4n) is 2.15. The molecule has 0 unspecified atom stereocenters. The lowest BCUT2D eigenvalue weighted by molar-refractivity contribution is 0.0981. The number of halogens is 1. The van der Waals surface area contributed by atoms with Gasteiger partial charge in [-0.2, -0.15) is 0 Å². The lowest BCUT2D eigenvalue weighted by Gasteiger charge is -2.05. The Balaban J connectivity index is 1.87. The van der Waals surface area contributed by atoms with Crippen LogP contribution in [-0.2, 0) is 19.9 Å². The molecule has 0 saturated heterocycles. The number of hydrogen-bond donors (Lipinski definition) is 1. The number of carbonyl (C=O) groups excluding carboxylic acids is 1. The van der Waals surface area contributed by atoms with E-state index in [0.717, 1.165) is 6.07 Å². The minimum atomic E-state index is -4.22. The highest BCUT2D eigenvalue weighted by molar-refractivity contribution is 7.93. The monoisotopic (exact) mass is 441 g/mol. The maximum Gasteiger partial charge on any atom is 0.273 e. The van der Waals surface area contributed by atoms with E-state index in [1.54, 1.807) is 18.2 Å². The molecule has 0 atom stereocenters. The number of carbonyl (C=O) groups is 1. The highest BCUT2D eigenvalue weighted by Gasteiger charge is 2.25. The summed E-state index contributed by atoms with van der Waals surface area (Å²) in [5.41, 5.74) is 0.108. The van der Waals surface area contributed by atoms with Crippen LogP contribution in [0, 0.1) is 0 Å². The van der Waals surface area contributed by atoms with Crippen LogP contribution in [0.5, 0.6) is 0 Å². The average molecular weight is 442 g/mol. The van der Waals surface area contributed by atoms with Gasteiger partial charge in [-0.05, 0) is 42.5 Å². The second-order valence-corrected chi connectivity index (χ2v) is 10.6. The Labute approximate surface area is 165 Å². The molecule has 1 N–H and O–H groups in total. The molecule has 0 bridgehead atoms. The molecule has 0 aliphatic heterocycles. The number of nitrogens with one attached hydrogen (secondary N) is 1. The van der Waals surface area contributed by atoms with Gasteiger partial charge in [0.15, 0.2) is 0 Å². The number of hydrogen-bond acceptors (Lipinski definition) is 6. The van der Waals surface area contributed by atoms with Crippen molar-refractivity contribution in [1.82, 2.24) is 4.72 Å². The largest absolute Gasteiger partial charge is 0.273 e. The van der Waals surface area contributed by atoms with Crippen molar-refractivity contribution in [2.24, 2.45) is 0 Å². The van der Waals surface area contributed by atoms with Crippen molar-refractivity contribution >= 4 is 48.7 Å². The predicted molar refractivity (Wildman–Crippen MR) is 102 cm³/mol. The van der Waals surface area contributed by atoms with Crippen molar-refractivity contribution in [1.29, 1.82) is 0 Å². The van der Waals surface area contributed by atoms with E-state index in [9.17, 15) is 21.6 Å². The standard InChI is InChI=1S/C17H12ClNO5S3/c18-13-8-6-12(7-9-13)17(20)19-27(23,24)16-10-15(11-25-16)26(21,22)14-4-2-1-3-5-14/h1-11H,(H,19,20). The molecule has 3 aromatic rings. The summed E-state index contributed by atoms with van der Waals surface area (Å²) in [7, 11) is -8.06. The van der Waals surface area contributed by atoms with Gasteiger partial charge in [-0.25, -0.2) is 21.6 Å². The molecule has 2 aromatic carbocycles. The highest BCUT2D eigenvalue weighted by Crippen LogP contribution is 2.28. The Morgan fingerprint density at radius 3 is 2.15 bits per heavy atom. The fraction of sp³-hybridized carbons (Fsp3) is 0. The van der Waals surface area contributed by atoms with Crippen molar-refractivity contribution in [3.05, 3.63) is 76.6 Å². The van der Waals surface area contributed by atoms with Gasteiger partial charge >= 0.3 is 0 Å². The zero-order valence-corrected chi connectivity index (χ0v) is 16.7. The van der Waals surface area contributed by atoms with Gasteiger partial charge in [0.2, 0.25) is 9.84 Å². The summed E-state index contributed by atoms with van der Waals surface area (Å²) in [6.07, 6.45) is 0. The van der Waals surface area contributed by atoms with Crippen LogP contribution in [0.4, 0.5) is 0 Å². The zero-order chi connectivity index (χ0) is 19.7. The molecule has 0 radical (unpaired) electrons. The Bertz CT molecular complexity index is 1180. The molecule has 1 heterocycles. The molecule has 0 aliphatic carbocycles. The first-order chi connectivity index (χ1) is 12.7. The summed E-state index contributed by atoms with van der Waals surface area (Å²) >= 11 is 6.45. The van der Waals surface area contributed by atoms with Gasteiger partial charge in [0, 0.05) is 16.0 Å². The van der Waals surface area contributed by atoms with Crippen molar-refractivity contribution in [2.45, 2.75) is 14.0 Å². The van der Waals surface area contributed by atoms with Gasteiger partial charge in [0.1, 0.15) is 4.21 Å². The second kappa shape index (κ2) is 7.43. The highest BCUT2D eigenvalue weighted by atomic mass is 35.5. The van der Waals surface area contributed by atoms with Crippen molar-refractivity contribution in [3.63, 3.8) is 0 Å². The molecule has 1 aromatic heterocycles. The molecule has 0 saturated carbocycles. The molecule has 6 nitrogen and oxygen atoms in total. The maximum absolute atomic E-state index is 12.6. The van der Waals surface area contributed by atoms with Crippen molar-refractivity contribution in [2.75, 3.05) is 0 Å². The smallest absolute Gasteiger partial charge is 0.268 e. The minimum Gasteiger partial charge on any atom is -0.268 e. The number of thiophene rings is 1. The van der Waals surface area contributed by atoms with Crippen LogP contribution in [0.25, 0.3) is 0 Å². The van der Waals surface area contributed by atoms with Crippen molar-refractivity contribution < 1.29 is 21.6 Å². The molecular formula is C17H12ClNO5S3. The summed E-state index contributed by atoms with van der Waals surface area (Å²) in [6, 6.07) is 14.4. The first-order valence-corrected chi connectivity index (χ1v) is 11.6. The molecular weight excluding hydrogens is 430 g/mol. The molecule has 0 aliphatic rings. The van der Waals surface area contributed by atoms with E-state index in [4.69, 9.17) is 11.6 Å². The summed E-state index contributed by atoms with van der Waals surface area (Å²) in [5.74, 6) is -0.840. The van der Waals surface area contributed by atoms with Crippen molar-refractivity contribution in [3.8, 4) is 0 Å². The second-order valence-electron chi connectivity index (χ2n) is 5.36. The van der Waals surface area contributed by atoms with Gasteiger partial charge in [-0.1, -0.05) is 29.8 Å². The number of sulfone groups is 1. The van der Waals surface area contributed by atoms with Crippen LogP contribution in [0.15, 0.2) is 80.0 Å². The molecule has 0 spiro atoms. The van der Waals surface area contributed by atoms with E-state index >= 15 is 0 Å². The van der Waals surface area contributed by atoms with Gasteiger partial charge in [-0.15, -0.1) is 11.3 Å². The van der Waals surface area contributed by atoms with Crippen LogP contribution in [0.3, 0.4) is 0 Å². The van der Waals surface area contributed by atoms with Gasteiger partial charge in [-0.3, -0.25) is 4.79 Å². The van der Waals surface area contributed by atoms with E-state index in [-0.39, 0.29) is 19.6 Å². The van der Waals surface area contributed by atoms with E-state index in [0.29, 0.717) is 16.4 Å². The number of benzene rings is 2. The summed E-state index contributed by atoms with van der Waals surface area (Å²) < 4.78 is 51.6. The predicted octanol–water partition coefficient (Wildman–Crippen LogP) is 3.35. The molecule has 3 rings (SSSR count). The van der Waals surface area contributed by atoms with E-state index in [1.165, 1.54) is 41.8 Å². The van der Waals surface area contributed by atoms with Crippen LogP contribution in [-0.4, -0.2) is 22.7 Å². The number of sulfonamides is 1. The molecule has 10 heteroatoms. The van der Waals surface area contributed by atoms with Gasteiger partial charge < -0.3 is 0 Å². The Hall–Kier alpha value is -2.20. The Kier molecular flexibility index (Phi) is 5.38. The van der Waals surface area contributed by atoms with Gasteiger partial charge in [0.05, 0.1) is 9.79 Å². The first kappa shape index (κ1) is 19.6. The minimum absolute atomic E-state index is 0.0527. The normalized spacial score (nSPS) is 11.9. The summed E-state index contributed by atoms with van der Waals surface area (Å²) in [4.78, 5) is 12.0. The average Bonchev–Trinajstić information content (AvgIpc) is 3.14. The third-order valence-corrected chi connectivity index (χ3v) is 8.43. The van der Waals surface area contributed by atoms with Crippen LogP contribution < -0.4 is 4.72 Å². The quantitative estimate of drug-likeness (QED) is 0.654. The lowest BCUT2D eigenvalue weighted by Crippen LogP contribution is -2.30. The van der Waals surface area contributed by atoms with E-state index < -0.39 is 25.8 Å².